The Bertz CT molecular complexity index is 1300. The molecule has 0 spiro atoms. The SMILES string of the molecule is CC(=O)c1ccc(-c2ccc(Nc3ccc(N4CCN(C)CC4)c(C)c3)c3nccn23)cc1. The number of benzene rings is 2. The fraction of sp³-hybridized carbons (Fsp3) is 0.259. The second kappa shape index (κ2) is 8.71. The number of ketones is 1. The number of imidazole rings is 1. The molecule has 33 heavy (non-hydrogen) atoms. The number of anilines is 3. The van der Waals surface area contributed by atoms with Crippen molar-refractivity contribution in [2.75, 3.05) is 43.4 Å². The largest absolute Gasteiger partial charge is 0.369 e. The molecular weight excluding hydrogens is 410 g/mol. The van der Waals surface area contributed by atoms with Crippen molar-refractivity contribution in [3.05, 3.63) is 78.1 Å². The van der Waals surface area contributed by atoms with Gasteiger partial charge in [0.15, 0.2) is 11.4 Å². The number of likely N-dealkylation sites (N-methyl/N-ethyl adjacent to an activating group) is 1. The number of rotatable bonds is 5. The van der Waals surface area contributed by atoms with Gasteiger partial charge in [-0.15, -0.1) is 0 Å². The van der Waals surface area contributed by atoms with Gasteiger partial charge in [0.25, 0.3) is 0 Å². The number of fused-ring (bicyclic) bond motifs is 1. The summed E-state index contributed by atoms with van der Waals surface area (Å²) in [7, 11) is 2.18. The minimum atomic E-state index is 0.0720. The van der Waals surface area contributed by atoms with E-state index >= 15 is 0 Å². The summed E-state index contributed by atoms with van der Waals surface area (Å²) in [5.41, 5.74) is 8.24. The number of piperazine rings is 1. The van der Waals surface area contributed by atoms with E-state index in [2.05, 4.69) is 68.8 Å². The molecule has 1 N–H and O–H groups in total. The van der Waals surface area contributed by atoms with Crippen molar-refractivity contribution in [3.63, 3.8) is 0 Å². The van der Waals surface area contributed by atoms with Crippen LogP contribution in [-0.4, -0.2) is 53.3 Å². The summed E-state index contributed by atoms with van der Waals surface area (Å²) in [6.07, 6.45) is 3.78. The van der Waals surface area contributed by atoms with Crippen LogP contribution in [-0.2, 0) is 0 Å². The Morgan fingerprint density at radius 1 is 0.970 bits per heavy atom. The third-order valence-electron chi connectivity index (χ3n) is 6.46. The van der Waals surface area contributed by atoms with E-state index < -0.39 is 0 Å². The molecule has 1 saturated heterocycles. The highest BCUT2D eigenvalue weighted by Crippen LogP contribution is 2.30. The molecule has 1 aliphatic rings. The van der Waals surface area contributed by atoms with Crippen molar-refractivity contribution in [1.82, 2.24) is 14.3 Å². The lowest BCUT2D eigenvalue weighted by atomic mass is 10.1. The number of Topliss-reactive ketones (excluding diaryl/α,β-unsaturated/α-hetero) is 1. The van der Waals surface area contributed by atoms with Crippen LogP contribution in [0.15, 0.2) is 67.0 Å². The van der Waals surface area contributed by atoms with E-state index in [1.54, 1.807) is 6.92 Å². The molecule has 0 radical (unpaired) electrons. The molecule has 6 heteroatoms. The van der Waals surface area contributed by atoms with E-state index in [0.717, 1.165) is 54.5 Å². The van der Waals surface area contributed by atoms with Gasteiger partial charge in [0.2, 0.25) is 0 Å². The van der Waals surface area contributed by atoms with Crippen molar-refractivity contribution in [2.24, 2.45) is 0 Å². The van der Waals surface area contributed by atoms with Crippen LogP contribution in [0.4, 0.5) is 17.1 Å². The Kier molecular flexibility index (Phi) is 5.60. The highest BCUT2D eigenvalue weighted by molar-refractivity contribution is 5.94. The summed E-state index contributed by atoms with van der Waals surface area (Å²) in [6.45, 7) is 8.09. The molecular formula is C27H29N5O. The van der Waals surface area contributed by atoms with E-state index in [4.69, 9.17) is 0 Å². The predicted molar refractivity (Wildman–Crippen MR) is 135 cm³/mol. The second-order valence-corrected chi connectivity index (χ2v) is 8.80. The van der Waals surface area contributed by atoms with Gasteiger partial charge in [-0.05, 0) is 62.4 Å². The Morgan fingerprint density at radius 2 is 1.73 bits per heavy atom. The quantitative estimate of drug-likeness (QED) is 0.443. The smallest absolute Gasteiger partial charge is 0.161 e. The molecule has 0 unspecified atom stereocenters. The lowest BCUT2D eigenvalue weighted by molar-refractivity contribution is 0.101. The van der Waals surface area contributed by atoms with Crippen LogP contribution in [0.2, 0.25) is 0 Å². The molecule has 2 aromatic carbocycles. The lowest BCUT2D eigenvalue weighted by Crippen LogP contribution is -2.44. The summed E-state index contributed by atoms with van der Waals surface area (Å²) in [5, 5.41) is 3.56. The topological polar surface area (TPSA) is 52.9 Å². The first kappa shape index (κ1) is 21.2. The molecule has 0 atom stereocenters. The van der Waals surface area contributed by atoms with E-state index in [0.29, 0.717) is 5.56 Å². The van der Waals surface area contributed by atoms with Crippen LogP contribution in [0.25, 0.3) is 16.9 Å². The minimum Gasteiger partial charge on any atom is -0.369 e. The van der Waals surface area contributed by atoms with E-state index in [1.807, 2.05) is 36.7 Å². The molecule has 0 aliphatic carbocycles. The first-order valence-electron chi connectivity index (χ1n) is 11.4. The Morgan fingerprint density at radius 3 is 2.42 bits per heavy atom. The van der Waals surface area contributed by atoms with Gasteiger partial charge in [-0.3, -0.25) is 9.20 Å². The Hall–Kier alpha value is -3.64. The standard InChI is InChI=1S/C27H29N5O/c1-19-18-23(8-10-25(19)31-16-14-30(3)15-17-31)29-24-9-11-26(32-13-12-28-27(24)32)22-6-4-21(5-7-22)20(2)33/h4-13,18,29H,14-17H2,1-3H3. The summed E-state index contributed by atoms with van der Waals surface area (Å²) in [5.74, 6) is 0.0720. The molecule has 3 heterocycles. The molecule has 2 aromatic heterocycles. The van der Waals surface area contributed by atoms with Crippen molar-refractivity contribution in [3.8, 4) is 11.3 Å². The zero-order valence-electron chi connectivity index (χ0n) is 19.4. The highest BCUT2D eigenvalue weighted by atomic mass is 16.1. The number of pyridine rings is 1. The maximum atomic E-state index is 11.6. The highest BCUT2D eigenvalue weighted by Gasteiger charge is 2.16. The average molecular weight is 440 g/mol. The van der Waals surface area contributed by atoms with Crippen LogP contribution in [0.5, 0.6) is 0 Å². The molecule has 0 bridgehead atoms. The monoisotopic (exact) mass is 439 g/mol. The summed E-state index contributed by atoms with van der Waals surface area (Å²) in [6, 6.07) is 18.4. The zero-order chi connectivity index (χ0) is 22.9. The van der Waals surface area contributed by atoms with Crippen LogP contribution >= 0.6 is 0 Å². The molecule has 4 aromatic rings. The molecule has 1 fully saturated rings. The molecule has 1 aliphatic heterocycles. The van der Waals surface area contributed by atoms with Gasteiger partial charge >= 0.3 is 0 Å². The Labute approximate surface area is 194 Å². The number of hydrogen-bond acceptors (Lipinski definition) is 5. The number of carbonyl (C=O) groups is 1. The summed E-state index contributed by atoms with van der Waals surface area (Å²) >= 11 is 0. The number of carbonyl (C=O) groups excluding carboxylic acids is 1. The summed E-state index contributed by atoms with van der Waals surface area (Å²) in [4.78, 5) is 21.0. The first-order valence-corrected chi connectivity index (χ1v) is 11.4. The average Bonchev–Trinajstić information content (AvgIpc) is 3.31. The van der Waals surface area contributed by atoms with Gasteiger partial charge in [0.1, 0.15) is 0 Å². The van der Waals surface area contributed by atoms with Crippen molar-refractivity contribution in [1.29, 1.82) is 0 Å². The molecule has 168 valence electrons. The predicted octanol–water partition coefficient (Wildman–Crippen LogP) is 5.01. The normalized spacial score (nSPS) is 14.6. The number of aryl methyl sites for hydroxylation is 1. The van der Waals surface area contributed by atoms with E-state index in [1.165, 1.54) is 11.3 Å². The summed E-state index contributed by atoms with van der Waals surface area (Å²) < 4.78 is 2.08. The van der Waals surface area contributed by atoms with Gasteiger partial charge in [-0.2, -0.15) is 0 Å². The van der Waals surface area contributed by atoms with Gasteiger partial charge in [-0.1, -0.05) is 24.3 Å². The third-order valence-corrected chi connectivity index (χ3v) is 6.46. The third kappa shape index (κ3) is 4.22. The molecule has 6 nitrogen and oxygen atoms in total. The van der Waals surface area contributed by atoms with E-state index in [9.17, 15) is 4.79 Å². The minimum absolute atomic E-state index is 0.0720. The number of nitrogens with one attached hydrogen (secondary N) is 1. The van der Waals surface area contributed by atoms with Crippen molar-refractivity contribution >= 4 is 28.5 Å². The fourth-order valence-corrected chi connectivity index (χ4v) is 4.51. The maximum Gasteiger partial charge on any atom is 0.161 e. The van der Waals surface area contributed by atoms with Crippen LogP contribution in [0.1, 0.15) is 22.8 Å². The second-order valence-electron chi connectivity index (χ2n) is 8.80. The zero-order valence-corrected chi connectivity index (χ0v) is 19.4. The van der Waals surface area contributed by atoms with E-state index in [-0.39, 0.29) is 5.78 Å². The molecule has 0 saturated carbocycles. The van der Waals surface area contributed by atoms with Crippen molar-refractivity contribution in [2.45, 2.75) is 13.8 Å². The van der Waals surface area contributed by atoms with Crippen LogP contribution < -0.4 is 10.2 Å². The fourth-order valence-electron chi connectivity index (χ4n) is 4.51. The number of hydrogen-bond donors (Lipinski definition) is 1. The number of aromatic nitrogens is 2. The van der Waals surface area contributed by atoms with Gasteiger partial charge in [0, 0.05) is 55.5 Å². The van der Waals surface area contributed by atoms with Gasteiger partial charge < -0.3 is 15.1 Å². The molecule has 5 rings (SSSR count). The number of nitrogens with zero attached hydrogens (tertiary/aromatic N) is 4. The van der Waals surface area contributed by atoms with Gasteiger partial charge in [0.05, 0.1) is 11.4 Å². The first-order chi connectivity index (χ1) is 16.0. The molecule has 0 amide bonds. The lowest BCUT2D eigenvalue weighted by Gasteiger charge is -2.35. The van der Waals surface area contributed by atoms with Gasteiger partial charge in [-0.25, -0.2) is 4.98 Å². The van der Waals surface area contributed by atoms with Crippen LogP contribution in [0.3, 0.4) is 0 Å². The Balaban J connectivity index is 1.41. The maximum absolute atomic E-state index is 11.6. The van der Waals surface area contributed by atoms with Crippen molar-refractivity contribution < 1.29 is 4.79 Å². The van der Waals surface area contributed by atoms with Crippen LogP contribution in [0, 0.1) is 6.92 Å².